The highest BCUT2D eigenvalue weighted by atomic mass is 28.5. The second-order valence-corrected chi connectivity index (χ2v) is 18.7. The molecule has 0 aliphatic carbocycles. The van der Waals surface area contributed by atoms with Crippen LogP contribution >= 0.6 is 0 Å². The summed E-state index contributed by atoms with van der Waals surface area (Å²) in [6.07, 6.45) is 0. The summed E-state index contributed by atoms with van der Waals surface area (Å²) in [5.41, 5.74) is 0.698. The van der Waals surface area contributed by atoms with Gasteiger partial charge in [0.15, 0.2) is 8.24 Å². The van der Waals surface area contributed by atoms with Gasteiger partial charge in [0.2, 0.25) is 0 Å². The monoisotopic (exact) mass is 350 g/mol. The fraction of sp³-hybridized carbons (Fsp3) is 0.938. The van der Waals surface area contributed by atoms with Crippen LogP contribution in [0.25, 0.3) is 0 Å². The first-order chi connectivity index (χ1) is 9.30. The fourth-order valence-electron chi connectivity index (χ4n) is 2.72. The molecule has 0 bridgehead atoms. The molecule has 0 unspecified atom stereocenters. The van der Waals surface area contributed by atoms with Crippen LogP contribution in [0.15, 0.2) is 5.10 Å². The van der Waals surface area contributed by atoms with Crippen molar-refractivity contribution in [1.82, 2.24) is 4.34 Å². The molecule has 0 radical (unpaired) electrons. The molecule has 0 rings (SSSR count). The van der Waals surface area contributed by atoms with Crippen LogP contribution in [0, 0.1) is 0 Å². The second kappa shape index (κ2) is 6.00. The maximum atomic E-state index is 15.5. The van der Waals surface area contributed by atoms with E-state index < -0.39 is 22.2 Å². The third-order valence-electron chi connectivity index (χ3n) is 4.81. The molecular formula is C16H36F2N2Si2. The van der Waals surface area contributed by atoms with E-state index in [0.29, 0.717) is 5.71 Å². The van der Waals surface area contributed by atoms with Crippen LogP contribution in [0.5, 0.6) is 0 Å². The minimum atomic E-state index is -4.74. The molecule has 0 saturated carbocycles. The molecular weight excluding hydrogens is 314 g/mol. The quantitative estimate of drug-likeness (QED) is 0.244. The number of nitrogens with zero attached hydrogens (tertiary/aromatic N) is 2. The lowest BCUT2D eigenvalue weighted by Crippen LogP contribution is -2.70. The highest BCUT2D eigenvalue weighted by Gasteiger charge is 2.66. The van der Waals surface area contributed by atoms with Crippen molar-refractivity contribution < 1.29 is 8.22 Å². The first-order valence-corrected chi connectivity index (χ1v) is 12.1. The van der Waals surface area contributed by atoms with Crippen LogP contribution in [0.3, 0.4) is 0 Å². The normalized spacial score (nSPS) is 14.8. The summed E-state index contributed by atoms with van der Waals surface area (Å²) >= 11 is 0. The van der Waals surface area contributed by atoms with E-state index in [1.165, 1.54) is 4.34 Å². The molecule has 0 aliphatic rings. The summed E-state index contributed by atoms with van der Waals surface area (Å²) in [6.45, 7) is 23.2. The Morgan fingerprint density at radius 1 is 0.773 bits per heavy atom. The molecule has 0 aliphatic heterocycles. The molecule has 0 aromatic carbocycles. The van der Waals surface area contributed by atoms with Gasteiger partial charge in [0.05, 0.1) is 0 Å². The minimum Gasteiger partial charge on any atom is -0.297 e. The van der Waals surface area contributed by atoms with E-state index in [-0.39, 0.29) is 10.1 Å². The topological polar surface area (TPSA) is 15.6 Å². The van der Waals surface area contributed by atoms with Gasteiger partial charge < -0.3 is 0 Å². The van der Waals surface area contributed by atoms with Crippen LogP contribution in [0.2, 0.25) is 21.7 Å². The SMILES string of the molecule is CC(C)=NN([Si](F)(F)C(C)(C)C)[Si](C)(C(C)(C)C)C(C)(C)C. The van der Waals surface area contributed by atoms with Gasteiger partial charge >= 0.3 is 8.90 Å². The van der Waals surface area contributed by atoms with E-state index in [1.807, 2.05) is 0 Å². The zero-order chi connectivity index (χ0) is 18.4. The smallest absolute Gasteiger partial charge is 0.297 e. The third-order valence-corrected chi connectivity index (χ3v) is 16.2. The average Bonchev–Trinajstić information content (AvgIpc) is 2.19. The Balaban J connectivity index is 6.60. The standard InChI is InChI=1S/C16H36F2N2Si2/c1-13(2)19-20(22(17,18)16(9,10)11)21(12,14(3,4)5)15(6,7)8/h1-12H3. The number of halogens is 2. The lowest BCUT2D eigenvalue weighted by atomic mass is 10.2. The van der Waals surface area contributed by atoms with Gasteiger partial charge in [0.25, 0.3) is 0 Å². The lowest BCUT2D eigenvalue weighted by Gasteiger charge is -2.57. The molecule has 0 N–H and O–H groups in total. The van der Waals surface area contributed by atoms with Gasteiger partial charge in [-0.15, -0.1) is 0 Å². The van der Waals surface area contributed by atoms with Crippen molar-refractivity contribution in [2.75, 3.05) is 0 Å². The first-order valence-electron chi connectivity index (χ1n) is 8.00. The Kier molecular flexibility index (Phi) is 5.94. The predicted molar refractivity (Wildman–Crippen MR) is 99.4 cm³/mol. The van der Waals surface area contributed by atoms with Gasteiger partial charge in [-0.1, -0.05) is 62.3 Å². The van der Waals surface area contributed by atoms with Crippen molar-refractivity contribution in [3.05, 3.63) is 0 Å². The molecule has 0 fully saturated rings. The Morgan fingerprint density at radius 3 is 1.27 bits per heavy atom. The molecule has 132 valence electrons. The predicted octanol–water partition coefficient (Wildman–Crippen LogP) is 6.54. The van der Waals surface area contributed by atoms with Gasteiger partial charge in [-0.2, -0.15) is 0 Å². The fourth-order valence-corrected chi connectivity index (χ4v) is 12.9. The van der Waals surface area contributed by atoms with Gasteiger partial charge in [-0.3, -0.25) is 4.34 Å². The first kappa shape index (κ1) is 21.8. The van der Waals surface area contributed by atoms with E-state index >= 15 is 8.22 Å². The number of hydrogen-bond acceptors (Lipinski definition) is 2. The minimum absolute atomic E-state index is 0.216. The molecule has 0 heterocycles. The molecule has 0 aromatic rings. The summed E-state index contributed by atoms with van der Waals surface area (Å²) in [4.78, 5) is 0. The molecule has 6 heteroatoms. The van der Waals surface area contributed by atoms with Gasteiger partial charge in [-0.25, -0.2) is 13.3 Å². The largest absolute Gasteiger partial charge is 0.550 e. The zero-order valence-electron chi connectivity index (χ0n) is 16.7. The molecule has 2 nitrogen and oxygen atoms in total. The van der Waals surface area contributed by atoms with Crippen LogP contribution in [-0.4, -0.2) is 27.2 Å². The van der Waals surface area contributed by atoms with Crippen molar-refractivity contribution in [3.8, 4) is 0 Å². The van der Waals surface area contributed by atoms with Crippen LogP contribution < -0.4 is 0 Å². The summed E-state index contributed by atoms with van der Waals surface area (Å²) in [6, 6.07) is 0. The molecule has 0 amide bonds. The highest BCUT2D eigenvalue weighted by molar-refractivity contribution is 6.91. The zero-order valence-corrected chi connectivity index (χ0v) is 18.7. The van der Waals surface area contributed by atoms with E-state index in [9.17, 15) is 0 Å². The van der Waals surface area contributed by atoms with Crippen molar-refractivity contribution >= 4 is 22.9 Å². The van der Waals surface area contributed by atoms with Crippen LogP contribution in [0.1, 0.15) is 76.2 Å². The third kappa shape index (κ3) is 3.81. The Morgan fingerprint density at radius 2 is 1.09 bits per heavy atom. The molecule has 0 saturated heterocycles. The van der Waals surface area contributed by atoms with Crippen LogP contribution in [-0.2, 0) is 0 Å². The summed E-state index contributed by atoms with van der Waals surface area (Å²) < 4.78 is 32.4. The van der Waals surface area contributed by atoms with Crippen molar-refractivity contribution in [3.63, 3.8) is 0 Å². The van der Waals surface area contributed by atoms with Crippen LogP contribution in [0.4, 0.5) is 8.22 Å². The molecule has 0 spiro atoms. The Bertz CT molecular complexity index is 409. The van der Waals surface area contributed by atoms with Gasteiger partial charge in [0.1, 0.15) is 0 Å². The van der Waals surface area contributed by atoms with E-state index in [2.05, 4.69) is 53.2 Å². The summed E-state index contributed by atoms with van der Waals surface area (Å²) in [5.74, 6) is 0. The number of rotatable bonds is 3. The summed E-state index contributed by atoms with van der Waals surface area (Å²) in [5, 5.41) is 2.97. The maximum absolute atomic E-state index is 15.5. The molecule has 0 atom stereocenters. The Labute approximate surface area is 138 Å². The average molecular weight is 351 g/mol. The van der Waals surface area contributed by atoms with E-state index in [1.54, 1.807) is 34.6 Å². The Hall–Kier alpha value is -0.236. The number of hydrogen-bond donors (Lipinski definition) is 0. The van der Waals surface area contributed by atoms with Gasteiger partial charge in [-0.05, 0) is 30.5 Å². The van der Waals surface area contributed by atoms with Gasteiger partial charge in [0, 0.05) is 10.7 Å². The molecule has 0 aromatic heterocycles. The van der Waals surface area contributed by atoms with Crippen molar-refractivity contribution in [1.29, 1.82) is 0 Å². The molecule has 22 heavy (non-hydrogen) atoms. The highest BCUT2D eigenvalue weighted by Crippen LogP contribution is 2.57. The second-order valence-electron chi connectivity index (χ2n) is 9.72. The van der Waals surface area contributed by atoms with E-state index in [0.717, 1.165) is 0 Å². The van der Waals surface area contributed by atoms with Crippen molar-refractivity contribution in [2.45, 2.75) is 97.8 Å². The number of hydrazone groups is 1. The maximum Gasteiger partial charge on any atom is 0.550 e. The summed E-state index contributed by atoms with van der Waals surface area (Å²) in [7, 11) is -7.38. The van der Waals surface area contributed by atoms with Crippen molar-refractivity contribution in [2.24, 2.45) is 5.10 Å². The van der Waals surface area contributed by atoms with E-state index in [4.69, 9.17) is 0 Å². The lowest BCUT2D eigenvalue weighted by molar-refractivity contribution is 0.361.